The van der Waals surface area contributed by atoms with Gasteiger partial charge in [0.1, 0.15) is 6.04 Å². The predicted octanol–water partition coefficient (Wildman–Crippen LogP) is 2.81. The average molecular weight is 358 g/mol. The molecule has 3 N–H and O–H groups in total. The Morgan fingerprint density at radius 1 is 1.08 bits per heavy atom. The van der Waals surface area contributed by atoms with Gasteiger partial charge in [0, 0.05) is 17.1 Å². The summed E-state index contributed by atoms with van der Waals surface area (Å²) in [6.07, 6.45) is 0.294. The van der Waals surface area contributed by atoms with Gasteiger partial charge in [0.05, 0.1) is 11.3 Å². The molecule has 0 saturated carbocycles. The van der Waals surface area contributed by atoms with Crippen molar-refractivity contribution in [3.05, 3.63) is 59.1 Å². The van der Waals surface area contributed by atoms with E-state index in [0.29, 0.717) is 22.0 Å². The third-order valence-electron chi connectivity index (χ3n) is 3.84. The highest BCUT2D eigenvalue weighted by atomic mass is 35.5. The maximum absolute atomic E-state index is 12.3. The monoisotopic (exact) mass is 357 g/mol. The molecule has 6 nitrogen and oxygen atoms in total. The highest BCUT2D eigenvalue weighted by Crippen LogP contribution is 2.19. The Hall–Kier alpha value is -2.86. The summed E-state index contributed by atoms with van der Waals surface area (Å²) in [7, 11) is 0. The number of amides is 3. The summed E-state index contributed by atoms with van der Waals surface area (Å²) < 4.78 is 0. The van der Waals surface area contributed by atoms with E-state index in [9.17, 15) is 14.4 Å². The first-order chi connectivity index (χ1) is 12.0. The molecule has 0 saturated heterocycles. The number of fused-ring (bicyclic) bond motifs is 1. The van der Waals surface area contributed by atoms with E-state index >= 15 is 0 Å². The van der Waals surface area contributed by atoms with Gasteiger partial charge in [0.15, 0.2) is 0 Å². The molecule has 3 rings (SSSR count). The van der Waals surface area contributed by atoms with Gasteiger partial charge in [0.2, 0.25) is 11.8 Å². The van der Waals surface area contributed by atoms with E-state index in [4.69, 9.17) is 11.6 Å². The van der Waals surface area contributed by atoms with Crippen LogP contribution in [0.4, 0.5) is 11.4 Å². The Bertz CT molecular complexity index is 821. The lowest BCUT2D eigenvalue weighted by molar-refractivity contribution is -0.118. The number of rotatable bonds is 4. The topological polar surface area (TPSA) is 87.3 Å². The van der Waals surface area contributed by atoms with Crippen molar-refractivity contribution in [1.29, 1.82) is 0 Å². The molecule has 0 aromatic heterocycles. The maximum atomic E-state index is 12.3. The summed E-state index contributed by atoms with van der Waals surface area (Å²) in [6.45, 7) is 0. The van der Waals surface area contributed by atoms with Crippen molar-refractivity contribution < 1.29 is 14.4 Å². The SMILES string of the molecule is O=C(CCC1NC(=O)c2ccccc2NC1=O)Nc1ccc(Cl)cc1. The van der Waals surface area contributed by atoms with Crippen LogP contribution >= 0.6 is 11.6 Å². The van der Waals surface area contributed by atoms with Crippen molar-refractivity contribution >= 4 is 40.7 Å². The second kappa shape index (κ2) is 7.36. The van der Waals surface area contributed by atoms with Crippen molar-refractivity contribution in [3.8, 4) is 0 Å². The molecular formula is C18H16ClN3O3. The first-order valence-electron chi connectivity index (χ1n) is 7.79. The molecule has 1 aliphatic heterocycles. The van der Waals surface area contributed by atoms with Crippen LogP contribution in [0, 0.1) is 0 Å². The lowest BCUT2D eigenvalue weighted by atomic mass is 10.1. The van der Waals surface area contributed by atoms with Crippen LogP contribution in [0.1, 0.15) is 23.2 Å². The second-order valence-corrected chi connectivity index (χ2v) is 6.09. The fraction of sp³-hybridized carbons (Fsp3) is 0.167. The molecule has 0 aliphatic carbocycles. The second-order valence-electron chi connectivity index (χ2n) is 5.65. The third kappa shape index (κ3) is 4.16. The number of halogens is 1. The summed E-state index contributed by atoms with van der Waals surface area (Å²) in [5.41, 5.74) is 1.50. The molecule has 128 valence electrons. The molecule has 1 unspecified atom stereocenters. The molecule has 25 heavy (non-hydrogen) atoms. The molecule has 1 aliphatic rings. The Morgan fingerprint density at radius 3 is 2.56 bits per heavy atom. The number of carbonyl (C=O) groups excluding carboxylic acids is 3. The minimum absolute atomic E-state index is 0.0946. The van der Waals surface area contributed by atoms with Gasteiger partial charge in [-0.1, -0.05) is 23.7 Å². The lowest BCUT2D eigenvalue weighted by Crippen LogP contribution is -2.41. The van der Waals surface area contributed by atoms with E-state index in [1.54, 1.807) is 48.5 Å². The minimum Gasteiger partial charge on any atom is -0.340 e. The molecule has 0 spiro atoms. The highest BCUT2D eigenvalue weighted by Gasteiger charge is 2.27. The molecular weight excluding hydrogens is 342 g/mol. The zero-order valence-corrected chi connectivity index (χ0v) is 14.0. The number of carbonyl (C=O) groups is 3. The van der Waals surface area contributed by atoms with Crippen LogP contribution in [-0.4, -0.2) is 23.8 Å². The molecule has 3 amide bonds. The fourth-order valence-electron chi connectivity index (χ4n) is 2.55. The van der Waals surface area contributed by atoms with Gasteiger partial charge < -0.3 is 16.0 Å². The highest BCUT2D eigenvalue weighted by molar-refractivity contribution is 6.30. The van der Waals surface area contributed by atoms with E-state index in [1.165, 1.54) is 0 Å². The molecule has 2 aromatic rings. The van der Waals surface area contributed by atoms with Crippen molar-refractivity contribution in [2.24, 2.45) is 0 Å². The van der Waals surface area contributed by atoms with Crippen LogP contribution in [0.5, 0.6) is 0 Å². The first-order valence-corrected chi connectivity index (χ1v) is 8.17. The molecule has 1 atom stereocenters. The molecule has 7 heteroatoms. The molecule has 0 radical (unpaired) electrons. The van der Waals surface area contributed by atoms with Crippen molar-refractivity contribution in [3.63, 3.8) is 0 Å². The predicted molar refractivity (Wildman–Crippen MR) is 95.6 cm³/mol. The largest absolute Gasteiger partial charge is 0.340 e. The number of hydrogen-bond acceptors (Lipinski definition) is 3. The van der Waals surface area contributed by atoms with Gasteiger partial charge in [-0.15, -0.1) is 0 Å². The summed E-state index contributed by atoms with van der Waals surface area (Å²) in [6, 6.07) is 12.7. The van der Waals surface area contributed by atoms with Crippen LogP contribution in [0.3, 0.4) is 0 Å². The van der Waals surface area contributed by atoms with Gasteiger partial charge in [0.25, 0.3) is 5.91 Å². The Labute approximate surface area is 149 Å². The van der Waals surface area contributed by atoms with Gasteiger partial charge in [-0.3, -0.25) is 14.4 Å². The quantitative estimate of drug-likeness (QED) is 0.786. The smallest absolute Gasteiger partial charge is 0.254 e. The summed E-state index contributed by atoms with van der Waals surface area (Å²) >= 11 is 5.80. The zero-order valence-electron chi connectivity index (χ0n) is 13.2. The van der Waals surface area contributed by atoms with Crippen LogP contribution in [0.25, 0.3) is 0 Å². The van der Waals surface area contributed by atoms with Crippen LogP contribution < -0.4 is 16.0 Å². The fourth-order valence-corrected chi connectivity index (χ4v) is 2.67. The Kier molecular flexibility index (Phi) is 5.00. The standard InChI is InChI=1S/C18H16ClN3O3/c19-11-5-7-12(8-6-11)20-16(23)10-9-15-18(25)21-14-4-2-1-3-13(14)17(24)22-15/h1-8,15H,9-10H2,(H,20,23)(H,21,25)(H,22,24). The van der Waals surface area contributed by atoms with Crippen LogP contribution in [0.2, 0.25) is 5.02 Å². The Balaban J connectivity index is 1.59. The molecule has 2 aromatic carbocycles. The number of para-hydroxylation sites is 1. The normalized spacial score (nSPS) is 16.3. The van der Waals surface area contributed by atoms with Gasteiger partial charge >= 0.3 is 0 Å². The summed E-state index contributed by atoms with van der Waals surface area (Å²) in [5.74, 6) is -0.916. The van der Waals surface area contributed by atoms with Crippen LogP contribution in [-0.2, 0) is 9.59 Å². The van der Waals surface area contributed by atoms with Crippen molar-refractivity contribution in [1.82, 2.24) is 5.32 Å². The van der Waals surface area contributed by atoms with E-state index in [2.05, 4.69) is 16.0 Å². The summed E-state index contributed by atoms with van der Waals surface area (Å²) in [4.78, 5) is 36.5. The molecule has 0 bridgehead atoms. The zero-order chi connectivity index (χ0) is 17.8. The lowest BCUT2D eigenvalue weighted by Gasteiger charge is -2.14. The van der Waals surface area contributed by atoms with Crippen molar-refractivity contribution in [2.75, 3.05) is 10.6 Å². The van der Waals surface area contributed by atoms with E-state index < -0.39 is 6.04 Å². The van der Waals surface area contributed by atoms with E-state index in [0.717, 1.165) is 0 Å². The Morgan fingerprint density at radius 2 is 1.80 bits per heavy atom. The van der Waals surface area contributed by atoms with Gasteiger partial charge in [-0.2, -0.15) is 0 Å². The first kappa shape index (κ1) is 17.0. The van der Waals surface area contributed by atoms with Crippen LogP contribution in [0.15, 0.2) is 48.5 Å². The van der Waals surface area contributed by atoms with Gasteiger partial charge in [-0.05, 0) is 42.8 Å². The minimum atomic E-state index is -0.768. The third-order valence-corrected chi connectivity index (χ3v) is 4.09. The molecule has 1 heterocycles. The van der Waals surface area contributed by atoms with E-state index in [1.807, 2.05) is 0 Å². The number of hydrogen-bond donors (Lipinski definition) is 3. The molecule has 0 fully saturated rings. The number of benzene rings is 2. The average Bonchev–Trinajstić information content (AvgIpc) is 2.72. The van der Waals surface area contributed by atoms with E-state index in [-0.39, 0.29) is 30.6 Å². The van der Waals surface area contributed by atoms with Gasteiger partial charge in [-0.25, -0.2) is 0 Å². The summed E-state index contributed by atoms with van der Waals surface area (Å²) in [5, 5.41) is 8.68. The maximum Gasteiger partial charge on any atom is 0.254 e. The van der Waals surface area contributed by atoms with Crippen molar-refractivity contribution in [2.45, 2.75) is 18.9 Å². The number of nitrogens with one attached hydrogen (secondary N) is 3. The number of anilines is 2.